The summed E-state index contributed by atoms with van der Waals surface area (Å²) in [4.78, 5) is 65.6. The molecule has 0 aliphatic carbocycles. The molecule has 17 heteroatoms. The van der Waals surface area contributed by atoms with Gasteiger partial charge in [0, 0.05) is 97.2 Å². The highest BCUT2D eigenvalue weighted by Crippen LogP contribution is 2.45. The molecule has 84 heavy (non-hydrogen) atoms. The first-order chi connectivity index (χ1) is 39.7. The zero-order valence-electron chi connectivity index (χ0n) is 58.1. The standard InChI is InChI=1S/C67H128N14O3/c1-22-30-37-74(38-31-23-2)57-70-58(75(39-32-24-3)40-33-25-4)72-61(71-57)78(56-51-66(18,19)81(84-46-29-8)67(20,21)52-56)43-36-35-42-77(55-49-64(14,15)80(83-45-28-7)65(16,17)50-55)60-69-53(9)68-59(73-60)76(41-34-26-5)54-47-62(10,11)79(82-44-27-6)63(12,13)48-54/h54-56H,22-52H2,1-21H3. The molecular weight excluding hydrogens is 1050 g/mol. The van der Waals surface area contributed by atoms with E-state index in [2.05, 4.69) is 185 Å². The topological polar surface area (TPSA) is 131 Å². The van der Waals surface area contributed by atoms with Crippen LogP contribution in [0.3, 0.4) is 0 Å². The molecule has 2 aromatic heterocycles. The maximum Gasteiger partial charge on any atom is 0.232 e. The molecule has 0 radical (unpaired) electrons. The second-order valence-electron chi connectivity index (χ2n) is 29.2. The van der Waals surface area contributed by atoms with Crippen LogP contribution in [-0.2, 0) is 14.5 Å². The van der Waals surface area contributed by atoms with Crippen molar-refractivity contribution < 1.29 is 14.5 Å². The van der Waals surface area contributed by atoms with E-state index in [0.717, 1.165) is 223 Å². The number of anilines is 5. The molecule has 3 aliphatic heterocycles. The summed E-state index contributed by atoms with van der Waals surface area (Å²) in [6.45, 7) is 56.7. The molecule has 5 heterocycles. The minimum Gasteiger partial charge on any atom is -0.341 e. The number of aryl methyl sites for hydroxylation is 1. The van der Waals surface area contributed by atoms with Crippen molar-refractivity contribution in [3.8, 4) is 0 Å². The lowest BCUT2D eigenvalue weighted by Crippen LogP contribution is -2.64. The molecule has 5 rings (SSSR count). The van der Waals surface area contributed by atoms with E-state index in [-0.39, 0.29) is 51.4 Å². The molecule has 0 spiro atoms. The average Bonchev–Trinajstić information content (AvgIpc) is 2.06. The lowest BCUT2D eigenvalue weighted by atomic mass is 9.78. The van der Waals surface area contributed by atoms with Crippen molar-refractivity contribution in [1.82, 2.24) is 45.1 Å². The van der Waals surface area contributed by atoms with Crippen LogP contribution in [0.25, 0.3) is 0 Å². The molecule has 17 nitrogen and oxygen atoms in total. The van der Waals surface area contributed by atoms with Crippen molar-refractivity contribution in [3.63, 3.8) is 0 Å². The predicted molar refractivity (Wildman–Crippen MR) is 352 cm³/mol. The van der Waals surface area contributed by atoms with Gasteiger partial charge in [0.2, 0.25) is 29.7 Å². The number of aromatic nitrogens is 6. The molecular formula is C67H128N14O3. The van der Waals surface area contributed by atoms with Crippen molar-refractivity contribution in [2.75, 3.05) is 90.1 Å². The Morgan fingerprint density at radius 1 is 0.321 bits per heavy atom. The van der Waals surface area contributed by atoms with E-state index in [4.69, 9.17) is 44.4 Å². The number of hydrogen-bond donors (Lipinski definition) is 0. The average molecular weight is 1180 g/mol. The fourth-order valence-electron chi connectivity index (χ4n) is 14.6. The molecule has 0 saturated carbocycles. The van der Waals surface area contributed by atoms with Gasteiger partial charge in [0.1, 0.15) is 5.82 Å². The van der Waals surface area contributed by atoms with Gasteiger partial charge < -0.3 is 24.5 Å². The first-order valence-corrected chi connectivity index (χ1v) is 34.3. The maximum absolute atomic E-state index is 6.67. The number of hydrogen-bond acceptors (Lipinski definition) is 17. The summed E-state index contributed by atoms with van der Waals surface area (Å²) >= 11 is 0. The quantitative estimate of drug-likeness (QED) is 0.0594. The lowest BCUT2D eigenvalue weighted by Gasteiger charge is -2.56. The van der Waals surface area contributed by atoms with E-state index >= 15 is 0 Å². The van der Waals surface area contributed by atoms with Crippen LogP contribution in [0, 0.1) is 6.92 Å². The summed E-state index contributed by atoms with van der Waals surface area (Å²) in [7, 11) is 0. The van der Waals surface area contributed by atoms with Crippen molar-refractivity contribution in [2.24, 2.45) is 0 Å². The third-order valence-electron chi connectivity index (χ3n) is 17.9. The zero-order valence-corrected chi connectivity index (χ0v) is 58.1. The van der Waals surface area contributed by atoms with Crippen LogP contribution in [0.1, 0.15) is 279 Å². The van der Waals surface area contributed by atoms with Crippen LogP contribution in [0.5, 0.6) is 0 Å². The molecule has 0 unspecified atom stereocenters. The van der Waals surface area contributed by atoms with Gasteiger partial charge in [-0.05, 0) is 193 Å². The number of unbranched alkanes of at least 4 members (excludes halogenated alkanes) is 6. The number of hydroxylamine groups is 6. The summed E-state index contributed by atoms with van der Waals surface area (Å²) in [6, 6.07) is 0.536. The lowest BCUT2D eigenvalue weighted by molar-refractivity contribution is -0.282. The van der Waals surface area contributed by atoms with Crippen molar-refractivity contribution >= 4 is 29.7 Å². The van der Waals surface area contributed by atoms with Gasteiger partial charge in [0.15, 0.2) is 0 Å². The summed E-state index contributed by atoms with van der Waals surface area (Å²) in [5.41, 5.74) is -1.34. The fraction of sp³-hybridized carbons (Fsp3) is 0.910. The molecule has 0 aromatic carbocycles. The molecule has 3 aliphatic rings. The van der Waals surface area contributed by atoms with Gasteiger partial charge in [-0.3, -0.25) is 14.5 Å². The number of rotatable bonds is 37. The van der Waals surface area contributed by atoms with Crippen molar-refractivity contribution in [2.45, 2.75) is 332 Å². The van der Waals surface area contributed by atoms with Gasteiger partial charge in [-0.25, -0.2) is 0 Å². The Morgan fingerprint density at radius 3 is 0.810 bits per heavy atom. The van der Waals surface area contributed by atoms with Crippen molar-refractivity contribution in [1.29, 1.82) is 0 Å². The Bertz CT molecular complexity index is 2120. The first-order valence-electron chi connectivity index (χ1n) is 34.3. The third-order valence-corrected chi connectivity index (χ3v) is 17.9. The highest BCUT2D eigenvalue weighted by molar-refractivity contribution is 5.48. The highest BCUT2D eigenvalue weighted by Gasteiger charge is 2.52. The molecule has 484 valence electrons. The van der Waals surface area contributed by atoms with Crippen LogP contribution >= 0.6 is 0 Å². The maximum atomic E-state index is 6.67. The van der Waals surface area contributed by atoms with Crippen LogP contribution in [-0.4, -0.2) is 162 Å². The first kappa shape index (κ1) is 71.5. The SMILES string of the molecule is CCCCN(CCCC)c1nc(N(CCCC)CCCC)nc(N(CCCCN(c2nc(C)nc(N(CCCC)C3CC(C)(C)N(OCCC)C(C)(C)C3)n2)C2CC(C)(C)N(OCCC)C(C)(C)C2)C2CC(C)(C)N(OCCC)C(C)(C)C2)n1. The zero-order chi connectivity index (χ0) is 62.1. The van der Waals surface area contributed by atoms with Crippen LogP contribution in [0.2, 0.25) is 0 Å². The largest absolute Gasteiger partial charge is 0.341 e. The number of piperidine rings is 3. The summed E-state index contributed by atoms with van der Waals surface area (Å²) in [5, 5.41) is 6.92. The molecule has 0 amide bonds. The molecule has 2 aromatic rings. The number of nitrogens with zero attached hydrogens (tertiary/aromatic N) is 14. The highest BCUT2D eigenvalue weighted by atomic mass is 16.7. The smallest absolute Gasteiger partial charge is 0.232 e. The van der Waals surface area contributed by atoms with Gasteiger partial charge in [-0.1, -0.05) is 87.5 Å². The normalized spacial score (nSPS) is 20.1. The fourth-order valence-corrected chi connectivity index (χ4v) is 14.6. The Morgan fingerprint density at radius 2 is 0.548 bits per heavy atom. The molecule has 3 fully saturated rings. The van der Waals surface area contributed by atoms with Gasteiger partial charge in [-0.15, -0.1) is 0 Å². The van der Waals surface area contributed by atoms with E-state index in [1.54, 1.807) is 0 Å². The molecule has 3 saturated heterocycles. The monoisotopic (exact) mass is 1180 g/mol. The molecule has 0 bridgehead atoms. The van der Waals surface area contributed by atoms with Crippen LogP contribution in [0.15, 0.2) is 0 Å². The Balaban J connectivity index is 1.64. The van der Waals surface area contributed by atoms with Crippen molar-refractivity contribution in [3.05, 3.63) is 5.82 Å². The Kier molecular flexibility index (Phi) is 27.5. The minimum atomic E-state index is -0.243. The Labute approximate surface area is 514 Å². The van der Waals surface area contributed by atoms with Crippen LogP contribution in [0.4, 0.5) is 29.7 Å². The summed E-state index contributed by atoms with van der Waals surface area (Å²) < 4.78 is 0. The van der Waals surface area contributed by atoms with Gasteiger partial charge in [-0.2, -0.15) is 45.1 Å². The van der Waals surface area contributed by atoms with E-state index in [1.165, 1.54) is 0 Å². The minimum absolute atomic E-state index is 0.153. The van der Waals surface area contributed by atoms with Crippen LogP contribution < -0.4 is 24.5 Å². The second kappa shape index (κ2) is 32.3. The van der Waals surface area contributed by atoms with E-state index in [1.807, 2.05) is 0 Å². The van der Waals surface area contributed by atoms with E-state index in [0.29, 0.717) is 13.2 Å². The molecule has 0 atom stereocenters. The predicted octanol–water partition coefficient (Wildman–Crippen LogP) is 15.0. The molecule has 0 N–H and O–H groups in total. The Hall–Kier alpha value is -3.22. The van der Waals surface area contributed by atoms with Gasteiger partial charge in [0.05, 0.1) is 19.8 Å². The summed E-state index contributed by atoms with van der Waals surface area (Å²) in [5.74, 6) is 4.80. The second-order valence-corrected chi connectivity index (χ2v) is 29.2. The summed E-state index contributed by atoms with van der Waals surface area (Å²) in [6.07, 6.45) is 21.3. The van der Waals surface area contributed by atoms with Gasteiger partial charge >= 0.3 is 0 Å². The third kappa shape index (κ3) is 19.1. The van der Waals surface area contributed by atoms with E-state index in [9.17, 15) is 0 Å². The van der Waals surface area contributed by atoms with E-state index < -0.39 is 0 Å². The van der Waals surface area contributed by atoms with Gasteiger partial charge in [0.25, 0.3) is 0 Å².